The lowest BCUT2D eigenvalue weighted by Gasteiger charge is -2.15. The first-order chi connectivity index (χ1) is 7.26. The molecule has 0 heterocycles. The Morgan fingerprint density at radius 3 is 1.80 bits per heavy atom. The molecule has 0 aliphatic heterocycles. The Labute approximate surface area is 94.3 Å². The Morgan fingerprint density at radius 2 is 1.53 bits per heavy atom. The summed E-state index contributed by atoms with van der Waals surface area (Å²) in [6.07, 6.45) is 1.14. The molecule has 0 spiro atoms. The van der Waals surface area contributed by atoms with Crippen molar-refractivity contribution < 1.29 is 10.2 Å². The monoisotopic (exact) mass is 220 g/mol. The molecule has 0 aromatic rings. The minimum absolute atomic E-state index is 0.250. The molecule has 94 valence electrons. The van der Waals surface area contributed by atoms with Crippen LogP contribution in [0.2, 0.25) is 0 Å². The molecule has 15 heavy (non-hydrogen) atoms. The molecule has 0 amide bonds. The van der Waals surface area contributed by atoms with Gasteiger partial charge in [-0.05, 0) is 26.1 Å². The number of nitrogens with zero attached hydrogens (tertiary/aromatic N) is 1. The summed E-state index contributed by atoms with van der Waals surface area (Å²) in [5.41, 5.74) is 0. The number of hydrogen-bond acceptors (Lipinski definition) is 4. The summed E-state index contributed by atoms with van der Waals surface area (Å²) in [6.45, 7) is 11.5. The summed E-state index contributed by atoms with van der Waals surface area (Å²) in [7, 11) is 0. The van der Waals surface area contributed by atoms with E-state index in [2.05, 4.69) is 31.0 Å². The van der Waals surface area contributed by atoms with Gasteiger partial charge < -0.3 is 20.4 Å². The van der Waals surface area contributed by atoms with Crippen molar-refractivity contribution in [2.45, 2.75) is 27.2 Å². The topological polar surface area (TPSA) is 55.7 Å². The Kier molecular flexibility index (Phi) is 18.7. The minimum Gasteiger partial charge on any atom is -0.395 e. The fraction of sp³-hybridized carbons (Fsp3) is 1.00. The predicted molar refractivity (Wildman–Crippen MR) is 65.1 cm³/mol. The van der Waals surface area contributed by atoms with E-state index in [4.69, 9.17) is 10.2 Å². The third-order valence-electron chi connectivity index (χ3n) is 2.03. The van der Waals surface area contributed by atoms with Crippen molar-refractivity contribution in [3.05, 3.63) is 0 Å². The van der Waals surface area contributed by atoms with Crippen LogP contribution in [-0.4, -0.2) is 61.1 Å². The van der Waals surface area contributed by atoms with Gasteiger partial charge in [0.1, 0.15) is 0 Å². The van der Waals surface area contributed by atoms with Crippen LogP contribution >= 0.6 is 0 Å². The van der Waals surface area contributed by atoms with E-state index in [0.29, 0.717) is 0 Å². The zero-order valence-corrected chi connectivity index (χ0v) is 10.5. The molecular formula is C11H28N2O2. The van der Waals surface area contributed by atoms with Gasteiger partial charge in [0, 0.05) is 13.1 Å². The SMILES string of the molecule is CCCNCCO.CCN(CC)CCO. The van der Waals surface area contributed by atoms with Gasteiger partial charge in [-0.1, -0.05) is 20.8 Å². The largest absolute Gasteiger partial charge is 0.395 e. The molecule has 4 nitrogen and oxygen atoms in total. The second-order valence-corrected chi connectivity index (χ2v) is 3.22. The van der Waals surface area contributed by atoms with E-state index in [9.17, 15) is 0 Å². The molecule has 3 N–H and O–H groups in total. The van der Waals surface area contributed by atoms with Crippen molar-refractivity contribution in [3.63, 3.8) is 0 Å². The lowest BCUT2D eigenvalue weighted by Crippen LogP contribution is -2.25. The van der Waals surface area contributed by atoms with E-state index >= 15 is 0 Å². The summed E-state index contributed by atoms with van der Waals surface area (Å²) in [5, 5.41) is 19.7. The molecule has 0 bridgehead atoms. The number of aliphatic hydroxyl groups excluding tert-OH is 2. The van der Waals surface area contributed by atoms with Crippen molar-refractivity contribution in [2.24, 2.45) is 0 Å². The van der Waals surface area contributed by atoms with Crippen molar-refractivity contribution in [3.8, 4) is 0 Å². The van der Waals surface area contributed by atoms with Crippen LogP contribution in [0.3, 0.4) is 0 Å². The van der Waals surface area contributed by atoms with Gasteiger partial charge in [-0.15, -0.1) is 0 Å². The van der Waals surface area contributed by atoms with Gasteiger partial charge >= 0.3 is 0 Å². The summed E-state index contributed by atoms with van der Waals surface area (Å²) in [4.78, 5) is 2.18. The van der Waals surface area contributed by atoms with Crippen molar-refractivity contribution in [2.75, 3.05) is 45.9 Å². The van der Waals surface area contributed by atoms with Crippen LogP contribution in [0.1, 0.15) is 27.2 Å². The average Bonchev–Trinajstić information content (AvgIpc) is 2.27. The highest BCUT2D eigenvalue weighted by atomic mass is 16.3. The van der Waals surface area contributed by atoms with E-state index in [-0.39, 0.29) is 13.2 Å². The highest BCUT2D eigenvalue weighted by molar-refractivity contribution is 4.47. The Morgan fingerprint density at radius 1 is 0.933 bits per heavy atom. The van der Waals surface area contributed by atoms with Crippen molar-refractivity contribution in [1.29, 1.82) is 0 Å². The van der Waals surface area contributed by atoms with Gasteiger partial charge in [0.2, 0.25) is 0 Å². The Bertz CT molecular complexity index is 94.6. The van der Waals surface area contributed by atoms with Gasteiger partial charge in [0.05, 0.1) is 13.2 Å². The van der Waals surface area contributed by atoms with E-state index in [1.54, 1.807) is 0 Å². The highest BCUT2D eigenvalue weighted by Gasteiger charge is 1.93. The molecule has 0 saturated heterocycles. The number of likely N-dealkylation sites (N-methyl/N-ethyl adjacent to an activating group) is 1. The van der Waals surface area contributed by atoms with Gasteiger partial charge in [0.15, 0.2) is 0 Å². The van der Waals surface area contributed by atoms with E-state index in [1.807, 2.05) is 0 Å². The maximum Gasteiger partial charge on any atom is 0.0558 e. The fourth-order valence-electron chi connectivity index (χ4n) is 1.06. The molecule has 0 aliphatic carbocycles. The van der Waals surface area contributed by atoms with Crippen LogP contribution in [0, 0.1) is 0 Å². The van der Waals surface area contributed by atoms with Crippen LogP contribution in [0.15, 0.2) is 0 Å². The van der Waals surface area contributed by atoms with E-state index in [0.717, 1.165) is 39.1 Å². The number of hydrogen-bond donors (Lipinski definition) is 3. The molecule has 0 unspecified atom stereocenters. The van der Waals surface area contributed by atoms with Crippen LogP contribution in [0.25, 0.3) is 0 Å². The maximum atomic E-state index is 8.46. The lowest BCUT2D eigenvalue weighted by molar-refractivity contribution is 0.208. The Hall–Kier alpha value is -0.160. The van der Waals surface area contributed by atoms with Crippen LogP contribution < -0.4 is 5.32 Å². The van der Waals surface area contributed by atoms with Gasteiger partial charge in [-0.2, -0.15) is 0 Å². The molecule has 0 aromatic heterocycles. The van der Waals surface area contributed by atoms with E-state index < -0.39 is 0 Å². The van der Waals surface area contributed by atoms with Gasteiger partial charge in [-0.25, -0.2) is 0 Å². The third-order valence-corrected chi connectivity index (χ3v) is 2.03. The summed E-state index contributed by atoms with van der Waals surface area (Å²) in [6, 6.07) is 0. The minimum atomic E-state index is 0.250. The first-order valence-corrected chi connectivity index (χ1v) is 5.91. The normalized spacial score (nSPS) is 10.0. The van der Waals surface area contributed by atoms with E-state index in [1.165, 1.54) is 0 Å². The first kappa shape index (κ1) is 17.2. The molecule has 4 heteroatoms. The van der Waals surface area contributed by atoms with Gasteiger partial charge in [0.25, 0.3) is 0 Å². The van der Waals surface area contributed by atoms with Crippen LogP contribution in [-0.2, 0) is 0 Å². The second-order valence-electron chi connectivity index (χ2n) is 3.22. The summed E-state index contributed by atoms with van der Waals surface area (Å²) in [5.74, 6) is 0. The smallest absolute Gasteiger partial charge is 0.0558 e. The van der Waals surface area contributed by atoms with Gasteiger partial charge in [-0.3, -0.25) is 0 Å². The molecule has 0 radical (unpaired) electrons. The number of aliphatic hydroxyl groups is 2. The summed E-state index contributed by atoms with van der Waals surface area (Å²) >= 11 is 0. The zero-order chi connectivity index (χ0) is 11.9. The molecule has 0 aliphatic rings. The van der Waals surface area contributed by atoms with Crippen LogP contribution in [0.4, 0.5) is 0 Å². The quantitative estimate of drug-likeness (QED) is 0.515. The summed E-state index contributed by atoms with van der Waals surface area (Å²) < 4.78 is 0. The fourth-order valence-corrected chi connectivity index (χ4v) is 1.06. The lowest BCUT2D eigenvalue weighted by atomic mass is 10.5. The number of nitrogens with one attached hydrogen (secondary N) is 1. The molecular weight excluding hydrogens is 192 g/mol. The molecule has 0 rings (SSSR count). The third kappa shape index (κ3) is 16.5. The van der Waals surface area contributed by atoms with Crippen molar-refractivity contribution >= 4 is 0 Å². The first-order valence-electron chi connectivity index (χ1n) is 5.91. The second kappa shape index (κ2) is 16.3. The molecule has 0 atom stereocenters. The molecule has 0 fully saturated rings. The standard InChI is InChI=1S/C6H15NO.C5H13NO/c1-3-7(4-2)5-6-8;1-2-3-6-4-5-7/h8H,3-6H2,1-2H3;6-7H,2-5H2,1H3. The molecule has 0 saturated carbocycles. The average molecular weight is 220 g/mol. The highest BCUT2D eigenvalue weighted by Crippen LogP contribution is 1.82. The Balaban J connectivity index is 0. The molecule has 0 aromatic carbocycles. The van der Waals surface area contributed by atoms with Crippen molar-refractivity contribution in [1.82, 2.24) is 10.2 Å². The zero-order valence-electron chi connectivity index (χ0n) is 10.5. The maximum absolute atomic E-state index is 8.46. The van der Waals surface area contributed by atoms with Crippen LogP contribution in [0.5, 0.6) is 0 Å². The predicted octanol–water partition coefficient (Wildman–Crippen LogP) is 0.299. The number of rotatable bonds is 8.